The maximum Gasteiger partial charge on any atom is 0.104 e. The maximum atomic E-state index is 5.63. The van der Waals surface area contributed by atoms with E-state index < -0.39 is 0 Å². The Bertz CT molecular complexity index is 622. The van der Waals surface area contributed by atoms with Gasteiger partial charge in [-0.15, -0.1) is 11.3 Å². The molecule has 0 aliphatic heterocycles. The first-order valence-electron chi connectivity index (χ1n) is 6.37. The Kier molecular flexibility index (Phi) is 5.18. The van der Waals surface area contributed by atoms with Gasteiger partial charge in [-0.25, -0.2) is 0 Å². The van der Waals surface area contributed by atoms with Crippen molar-refractivity contribution in [2.75, 3.05) is 5.32 Å². The highest BCUT2D eigenvalue weighted by molar-refractivity contribution is 9.10. The fourth-order valence-corrected chi connectivity index (χ4v) is 3.64. The first-order valence-corrected chi connectivity index (χ1v) is 8.38. The standard InChI is InChI=1S/C15H17BrN2S2/c1-9(7-12-5-3-10(2)20-12)18-14-6-4-11(15(17)19)8-13(14)16/h3-6,8-9,18H,7H2,1-2H3,(H2,17,19). The number of hydrogen-bond acceptors (Lipinski definition) is 3. The lowest BCUT2D eigenvalue weighted by atomic mass is 10.1. The van der Waals surface area contributed by atoms with Gasteiger partial charge in [0.2, 0.25) is 0 Å². The fourth-order valence-electron chi connectivity index (χ4n) is 2.00. The van der Waals surface area contributed by atoms with Crippen molar-refractivity contribution < 1.29 is 0 Å². The number of thiocarbonyl (C=S) groups is 1. The van der Waals surface area contributed by atoms with Crippen LogP contribution in [0.3, 0.4) is 0 Å². The molecule has 1 heterocycles. The number of thiophene rings is 1. The van der Waals surface area contributed by atoms with E-state index in [9.17, 15) is 0 Å². The zero-order valence-electron chi connectivity index (χ0n) is 11.4. The molecule has 0 radical (unpaired) electrons. The van der Waals surface area contributed by atoms with Crippen LogP contribution in [-0.2, 0) is 6.42 Å². The molecule has 0 aliphatic carbocycles. The molecule has 0 bridgehead atoms. The summed E-state index contributed by atoms with van der Waals surface area (Å²) in [5.74, 6) is 0. The topological polar surface area (TPSA) is 38.0 Å². The third kappa shape index (κ3) is 4.04. The summed E-state index contributed by atoms with van der Waals surface area (Å²) in [7, 11) is 0. The molecule has 0 fully saturated rings. The van der Waals surface area contributed by atoms with E-state index in [2.05, 4.69) is 47.2 Å². The molecule has 2 nitrogen and oxygen atoms in total. The van der Waals surface area contributed by atoms with Gasteiger partial charge in [-0.2, -0.15) is 0 Å². The number of nitrogens with two attached hydrogens (primary N) is 1. The molecule has 0 saturated heterocycles. The van der Waals surface area contributed by atoms with Crippen molar-refractivity contribution in [3.8, 4) is 0 Å². The molecule has 2 aromatic rings. The van der Waals surface area contributed by atoms with Crippen molar-refractivity contribution in [1.82, 2.24) is 0 Å². The Balaban J connectivity index is 2.04. The number of hydrogen-bond donors (Lipinski definition) is 2. The molecule has 5 heteroatoms. The van der Waals surface area contributed by atoms with Crippen molar-refractivity contribution in [2.45, 2.75) is 26.3 Å². The van der Waals surface area contributed by atoms with Crippen LogP contribution in [0.2, 0.25) is 0 Å². The normalized spacial score (nSPS) is 12.2. The molecule has 1 aromatic carbocycles. The maximum absolute atomic E-state index is 5.63. The van der Waals surface area contributed by atoms with Crippen LogP contribution in [0.15, 0.2) is 34.8 Å². The lowest BCUT2D eigenvalue weighted by Gasteiger charge is -2.16. The second-order valence-electron chi connectivity index (χ2n) is 4.82. The van der Waals surface area contributed by atoms with Gasteiger partial charge in [-0.3, -0.25) is 0 Å². The van der Waals surface area contributed by atoms with E-state index in [0.29, 0.717) is 11.0 Å². The van der Waals surface area contributed by atoms with Gasteiger partial charge in [0.15, 0.2) is 0 Å². The number of rotatable bonds is 5. The molecule has 3 N–H and O–H groups in total. The van der Waals surface area contributed by atoms with Gasteiger partial charge in [0.05, 0.1) is 0 Å². The highest BCUT2D eigenvalue weighted by atomic mass is 79.9. The number of halogens is 1. The van der Waals surface area contributed by atoms with E-state index in [0.717, 1.165) is 22.1 Å². The third-order valence-corrected chi connectivity index (χ3v) is 4.87. The van der Waals surface area contributed by atoms with Crippen LogP contribution in [0.5, 0.6) is 0 Å². The van der Waals surface area contributed by atoms with Gasteiger partial charge < -0.3 is 11.1 Å². The minimum absolute atomic E-state index is 0.361. The van der Waals surface area contributed by atoms with Gasteiger partial charge in [0, 0.05) is 37.9 Å². The molecule has 1 atom stereocenters. The molecular formula is C15H17BrN2S2. The summed E-state index contributed by atoms with van der Waals surface area (Å²) in [5.41, 5.74) is 7.56. The van der Waals surface area contributed by atoms with Crippen molar-refractivity contribution in [2.24, 2.45) is 5.73 Å². The van der Waals surface area contributed by atoms with E-state index in [1.165, 1.54) is 9.75 Å². The Hall–Kier alpha value is -0.910. The van der Waals surface area contributed by atoms with Crippen molar-refractivity contribution in [3.05, 3.63) is 50.1 Å². The molecule has 1 unspecified atom stereocenters. The van der Waals surface area contributed by atoms with Crippen LogP contribution in [0, 0.1) is 6.92 Å². The van der Waals surface area contributed by atoms with Gasteiger partial charge in [-0.1, -0.05) is 12.2 Å². The molecular weight excluding hydrogens is 352 g/mol. The zero-order chi connectivity index (χ0) is 14.7. The van der Waals surface area contributed by atoms with Crippen molar-refractivity contribution >= 4 is 50.2 Å². The number of anilines is 1. The molecule has 0 aliphatic rings. The average molecular weight is 369 g/mol. The zero-order valence-corrected chi connectivity index (χ0v) is 14.7. The van der Waals surface area contributed by atoms with Gasteiger partial charge in [0.25, 0.3) is 0 Å². The predicted octanol–water partition coefficient (Wildman–Crippen LogP) is 4.50. The summed E-state index contributed by atoms with van der Waals surface area (Å²) in [6.45, 7) is 4.32. The summed E-state index contributed by atoms with van der Waals surface area (Å²) in [4.78, 5) is 3.17. The van der Waals surface area contributed by atoms with Crippen molar-refractivity contribution in [3.63, 3.8) is 0 Å². The van der Waals surface area contributed by atoms with Gasteiger partial charge in [-0.05, 0) is 60.1 Å². The fraction of sp³-hybridized carbons (Fsp3) is 0.267. The van der Waals surface area contributed by atoms with Crippen LogP contribution < -0.4 is 11.1 Å². The first kappa shape index (κ1) is 15.5. The average Bonchev–Trinajstić information content (AvgIpc) is 2.77. The van der Waals surface area contributed by atoms with Gasteiger partial charge >= 0.3 is 0 Å². The van der Waals surface area contributed by atoms with Crippen LogP contribution in [0.25, 0.3) is 0 Å². The summed E-state index contributed by atoms with van der Waals surface area (Å²) in [6.07, 6.45) is 1.02. The highest BCUT2D eigenvalue weighted by Gasteiger charge is 2.08. The SMILES string of the molecule is Cc1ccc(CC(C)Nc2ccc(C(N)=S)cc2Br)s1. The van der Waals surface area contributed by atoms with E-state index >= 15 is 0 Å². The monoisotopic (exact) mass is 368 g/mol. The number of benzene rings is 1. The molecule has 0 amide bonds. The van der Waals surface area contributed by atoms with E-state index in [1.54, 1.807) is 0 Å². The molecule has 20 heavy (non-hydrogen) atoms. The van der Waals surface area contributed by atoms with Crippen LogP contribution in [0.4, 0.5) is 5.69 Å². The summed E-state index contributed by atoms with van der Waals surface area (Å²) in [6, 6.07) is 10.6. The Labute approximate surface area is 137 Å². The number of nitrogens with one attached hydrogen (secondary N) is 1. The minimum atomic E-state index is 0.361. The molecule has 0 spiro atoms. The second-order valence-corrected chi connectivity index (χ2v) is 7.49. The number of aryl methyl sites for hydroxylation is 1. The molecule has 1 aromatic heterocycles. The quantitative estimate of drug-likeness (QED) is 0.763. The van der Waals surface area contributed by atoms with E-state index in [4.69, 9.17) is 18.0 Å². The van der Waals surface area contributed by atoms with Crippen LogP contribution in [0.1, 0.15) is 22.2 Å². The molecule has 0 saturated carbocycles. The lowest BCUT2D eigenvalue weighted by molar-refractivity contribution is 0.800. The summed E-state index contributed by atoms with van der Waals surface area (Å²) >= 11 is 10.4. The lowest BCUT2D eigenvalue weighted by Crippen LogP contribution is -2.18. The Morgan fingerprint density at radius 3 is 2.70 bits per heavy atom. The largest absolute Gasteiger partial charge is 0.389 e. The first-order chi connectivity index (χ1) is 9.45. The Morgan fingerprint density at radius 2 is 2.15 bits per heavy atom. The third-order valence-electron chi connectivity index (χ3n) is 2.96. The molecule has 2 rings (SSSR count). The summed E-state index contributed by atoms with van der Waals surface area (Å²) in [5, 5.41) is 3.51. The Morgan fingerprint density at radius 1 is 1.40 bits per heavy atom. The van der Waals surface area contributed by atoms with E-state index in [-0.39, 0.29) is 0 Å². The second kappa shape index (κ2) is 6.70. The van der Waals surface area contributed by atoms with Crippen LogP contribution in [-0.4, -0.2) is 11.0 Å². The minimum Gasteiger partial charge on any atom is -0.389 e. The highest BCUT2D eigenvalue weighted by Crippen LogP contribution is 2.25. The predicted molar refractivity (Wildman–Crippen MR) is 95.9 cm³/mol. The van der Waals surface area contributed by atoms with Gasteiger partial charge in [0.1, 0.15) is 4.99 Å². The van der Waals surface area contributed by atoms with Crippen LogP contribution >= 0.6 is 39.5 Å². The smallest absolute Gasteiger partial charge is 0.104 e. The summed E-state index contributed by atoms with van der Waals surface area (Å²) < 4.78 is 0.983. The van der Waals surface area contributed by atoms with Crippen molar-refractivity contribution in [1.29, 1.82) is 0 Å². The molecule has 106 valence electrons. The van der Waals surface area contributed by atoms with E-state index in [1.807, 2.05) is 29.5 Å².